The van der Waals surface area contributed by atoms with Gasteiger partial charge in [0.2, 0.25) is 5.91 Å². The van der Waals surface area contributed by atoms with Gasteiger partial charge in [0.05, 0.1) is 11.6 Å². The minimum atomic E-state index is -0.0288. The number of carbonyl (C=O) groups is 1. The molecule has 1 fully saturated rings. The van der Waals surface area contributed by atoms with E-state index in [2.05, 4.69) is 30.3 Å². The van der Waals surface area contributed by atoms with E-state index >= 15 is 0 Å². The van der Waals surface area contributed by atoms with Gasteiger partial charge in [-0.1, -0.05) is 0 Å². The number of anilines is 1. The normalized spacial score (nSPS) is 14.1. The fourth-order valence-electron chi connectivity index (χ4n) is 3.15. The Morgan fingerprint density at radius 2 is 1.89 bits per heavy atom. The monoisotopic (exact) mass is 363 g/mol. The Kier molecular flexibility index (Phi) is 4.53. The molecule has 3 aromatic heterocycles. The van der Waals surface area contributed by atoms with E-state index in [0.29, 0.717) is 19.6 Å². The summed E-state index contributed by atoms with van der Waals surface area (Å²) in [6.45, 7) is 5.77. The second-order valence-corrected chi connectivity index (χ2v) is 6.75. The minimum absolute atomic E-state index is 0.0288. The van der Waals surface area contributed by atoms with E-state index in [4.69, 9.17) is 0 Å². The Balaban J connectivity index is 1.36. The summed E-state index contributed by atoms with van der Waals surface area (Å²) in [5.41, 5.74) is 3.01. The Morgan fingerprint density at radius 1 is 1.15 bits per heavy atom. The zero-order chi connectivity index (χ0) is 18.8. The number of hydrogen-bond donors (Lipinski definition) is 1. The molecule has 8 nitrogen and oxygen atoms in total. The van der Waals surface area contributed by atoms with Crippen LogP contribution in [0.15, 0.2) is 43.0 Å². The van der Waals surface area contributed by atoms with Crippen molar-refractivity contribution in [2.45, 2.75) is 20.4 Å². The molecule has 1 N–H and O–H groups in total. The van der Waals surface area contributed by atoms with Gasteiger partial charge in [-0.05, 0) is 37.6 Å². The van der Waals surface area contributed by atoms with Crippen molar-refractivity contribution in [3.8, 4) is 5.82 Å². The molecule has 4 heterocycles. The lowest BCUT2D eigenvalue weighted by atomic mass is 9.99. The summed E-state index contributed by atoms with van der Waals surface area (Å²) in [6.07, 6.45) is 4.99. The maximum atomic E-state index is 12.3. The molecule has 1 amide bonds. The summed E-state index contributed by atoms with van der Waals surface area (Å²) in [5, 5.41) is 7.44. The van der Waals surface area contributed by atoms with Gasteiger partial charge in [0.1, 0.15) is 12.1 Å². The van der Waals surface area contributed by atoms with Crippen LogP contribution < -0.4 is 10.2 Å². The quantitative estimate of drug-likeness (QED) is 0.738. The van der Waals surface area contributed by atoms with Crippen molar-refractivity contribution in [2.24, 2.45) is 5.92 Å². The van der Waals surface area contributed by atoms with Gasteiger partial charge in [0.25, 0.3) is 0 Å². The third-order valence-corrected chi connectivity index (χ3v) is 4.66. The molecule has 27 heavy (non-hydrogen) atoms. The van der Waals surface area contributed by atoms with Crippen LogP contribution in [-0.4, -0.2) is 43.7 Å². The number of hydrogen-bond acceptors (Lipinski definition) is 6. The van der Waals surface area contributed by atoms with Crippen LogP contribution in [0.3, 0.4) is 0 Å². The molecule has 0 spiro atoms. The molecule has 1 saturated heterocycles. The summed E-state index contributed by atoms with van der Waals surface area (Å²) >= 11 is 0. The Labute approximate surface area is 157 Å². The zero-order valence-electron chi connectivity index (χ0n) is 15.3. The SMILES string of the molecule is Cc1cc(C)n(-c2cc(N3CC(C(=O)NCc4ccncc4)C3)ncn2)n1. The molecule has 0 atom stereocenters. The van der Waals surface area contributed by atoms with Crippen LogP contribution in [0.1, 0.15) is 17.0 Å². The first-order valence-electron chi connectivity index (χ1n) is 8.87. The van der Waals surface area contributed by atoms with E-state index < -0.39 is 0 Å². The van der Waals surface area contributed by atoms with E-state index in [-0.39, 0.29) is 11.8 Å². The van der Waals surface area contributed by atoms with Crippen molar-refractivity contribution in [3.63, 3.8) is 0 Å². The average Bonchev–Trinajstić information content (AvgIpc) is 2.98. The highest BCUT2D eigenvalue weighted by Crippen LogP contribution is 2.24. The highest BCUT2D eigenvalue weighted by Gasteiger charge is 2.33. The molecule has 3 aromatic rings. The number of rotatable bonds is 5. The smallest absolute Gasteiger partial charge is 0.226 e. The molecule has 1 aliphatic heterocycles. The lowest BCUT2D eigenvalue weighted by molar-refractivity contribution is -0.125. The molecule has 138 valence electrons. The number of nitrogens with one attached hydrogen (secondary N) is 1. The van der Waals surface area contributed by atoms with Crippen LogP contribution in [0.2, 0.25) is 0 Å². The first-order chi connectivity index (χ1) is 13.1. The maximum absolute atomic E-state index is 12.3. The van der Waals surface area contributed by atoms with Crippen LogP contribution in [0.25, 0.3) is 5.82 Å². The topological polar surface area (TPSA) is 88.8 Å². The van der Waals surface area contributed by atoms with Gasteiger partial charge >= 0.3 is 0 Å². The van der Waals surface area contributed by atoms with Gasteiger partial charge in [-0.15, -0.1) is 0 Å². The number of pyridine rings is 1. The number of nitrogens with zero attached hydrogens (tertiary/aromatic N) is 6. The second kappa shape index (κ2) is 7.14. The zero-order valence-corrected chi connectivity index (χ0v) is 15.3. The maximum Gasteiger partial charge on any atom is 0.226 e. The van der Waals surface area contributed by atoms with Crippen molar-refractivity contribution in [1.29, 1.82) is 0 Å². The molecule has 1 aliphatic rings. The first kappa shape index (κ1) is 17.1. The highest BCUT2D eigenvalue weighted by atomic mass is 16.2. The fraction of sp³-hybridized carbons (Fsp3) is 0.316. The number of aromatic nitrogens is 5. The van der Waals surface area contributed by atoms with Crippen molar-refractivity contribution in [1.82, 2.24) is 30.0 Å². The molecule has 0 radical (unpaired) electrons. The molecular formula is C19H21N7O. The van der Waals surface area contributed by atoms with E-state index in [1.54, 1.807) is 17.1 Å². The van der Waals surface area contributed by atoms with Crippen LogP contribution in [0.5, 0.6) is 0 Å². The van der Waals surface area contributed by atoms with Gasteiger partial charge in [-0.25, -0.2) is 14.6 Å². The van der Waals surface area contributed by atoms with Crippen molar-refractivity contribution < 1.29 is 4.79 Å². The molecule has 0 unspecified atom stereocenters. The predicted molar refractivity (Wildman–Crippen MR) is 100 cm³/mol. The lowest BCUT2D eigenvalue weighted by Gasteiger charge is -2.39. The summed E-state index contributed by atoms with van der Waals surface area (Å²) in [6, 6.07) is 7.71. The first-order valence-corrected chi connectivity index (χ1v) is 8.87. The predicted octanol–water partition coefficient (Wildman–Crippen LogP) is 1.43. The highest BCUT2D eigenvalue weighted by molar-refractivity contribution is 5.81. The van der Waals surface area contributed by atoms with Gasteiger partial charge < -0.3 is 10.2 Å². The summed E-state index contributed by atoms with van der Waals surface area (Å²) in [4.78, 5) is 27.0. The van der Waals surface area contributed by atoms with Gasteiger partial charge in [0.15, 0.2) is 5.82 Å². The van der Waals surface area contributed by atoms with Gasteiger partial charge in [-0.3, -0.25) is 9.78 Å². The molecule has 0 bridgehead atoms. The van der Waals surface area contributed by atoms with E-state index in [0.717, 1.165) is 28.6 Å². The minimum Gasteiger partial charge on any atom is -0.355 e. The molecule has 0 saturated carbocycles. The third kappa shape index (κ3) is 3.64. The van der Waals surface area contributed by atoms with Crippen LogP contribution in [-0.2, 0) is 11.3 Å². The lowest BCUT2D eigenvalue weighted by Crippen LogP contribution is -2.54. The molecule has 4 rings (SSSR count). The number of aryl methyl sites for hydroxylation is 2. The molecule has 8 heteroatoms. The summed E-state index contributed by atoms with van der Waals surface area (Å²) < 4.78 is 1.80. The van der Waals surface area contributed by atoms with Gasteiger partial charge in [-0.2, -0.15) is 5.10 Å². The van der Waals surface area contributed by atoms with E-state index in [1.165, 1.54) is 6.33 Å². The Morgan fingerprint density at radius 3 is 2.59 bits per heavy atom. The van der Waals surface area contributed by atoms with Crippen LogP contribution in [0.4, 0.5) is 5.82 Å². The molecular weight excluding hydrogens is 342 g/mol. The number of amides is 1. The van der Waals surface area contributed by atoms with Crippen molar-refractivity contribution >= 4 is 11.7 Å². The van der Waals surface area contributed by atoms with Crippen molar-refractivity contribution in [3.05, 3.63) is 59.9 Å². The summed E-state index contributed by atoms with van der Waals surface area (Å²) in [7, 11) is 0. The fourth-order valence-corrected chi connectivity index (χ4v) is 3.15. The molecule has 0 aromatic carbocycles. The number of carbonyl (C=O) groups excluding carboxylic acids is 1. The second-order valence-electron chi connectivity index (χ2n) is 6.75. The summed E-state index contributed by atoms with van der Waals surface area (Å²) in [5.74, 6) is 1.58. The van der Waals surface area contributed by atoms with E-state index in [1.807, 2.05) is 38.1 Å². The Hall–Kier alpha value is -3.29. The van der Waals surface area contributed by atoms with E-state index in [9.17, 15) is 4.79 Å². The molecule has 0 aliphatic carbocycles. The van der Waals surface area contributed by atoms with Crippen LogP contribution >= 0.6 is 0 Å². The standard InChI is InChI=1S/C19H21N7O/c1-13-7-14(2)26(24-13)18-8-17(22-12-23-18)25-10-16(11-25)19(27)21-9-15-3-5-20-6-4-15/h3-8,12,16H,9-11H2,1-2H3,(H,21,27). The average molecular weight is 363 g/mol. The van der Waals surface area contributed by atoms with Crippen LogP contribution in [0, 0.1) is 19.8 Å². The largest absolute Gasteiger partial charge is 0.355 e. The van der Waals surface area contributed by atoms with Gasteiger partial charge in [0, 0.05) is 43.8 Å². The Bertz CT molecular complexity index is 948. The third-order valence-electron chi connectivity index (χ3n) is 4.66. The van der Waals surface area contributed by atoms with Crippen molar-refractivity contribution in [2.75, 3.05) is 18.0 Å².